The van der Waals surface area contributed by atoms with Crippen LogP contribution < -0.4 is 0 Å². The summed E-state index contributed by atoms with van der Waals surface area (Å²) < 4.78 is 12.4. The number of hydrogen-bond donors (Lipinski definition) is 0. The van der Waals surface area contributed by atoms with E-state index in [0.717, 1.165) is 5.56 Å². The van der Waals surface area contributed by atoms with E-state index in [0.29, 0.717) is 5.69 Å². The fourth-order valence-corrected chi connectivity index (χ4v) is 0.970. The van der Waals surface area contributed by atoms with Gasteiger partial charge in [0.15, 0.2) is 0 Å². The van der Waals surface area contributed by atoms with Gasteiger partial charge < -0.3 is 0 Å². The maximum absolute atomic E-state index is 12.4. The summed E-state index contributed by atoms with van der Waals surface area (Å²) in [6, 6.07) is 5.21. The quantitative estimate of drug-likeness (QED) is 0.640. The number of halogens is 1. The van der Waals surface area contributed by atoms with Crippen LogP contribution >= 0.6 is 0 Å². The van der Waals surface area contributed by atoms with Crippen LogP contribution in [0.25, 0.3) is 11.3 Å². The maximum atomic E-state index is 12.4. The number of aromatic nitrogens is 3. The van der Waals surface area contributed by atoms with Crippen molar-refractivity contribution in [2.24, 2.45) is 0 Å². The van der Waals surface area contributed by atoms with Crippen molar-refractivity contribution >= 4 is 0 Å². The lowest BCUT2D eigenvalue weighted by atomic mass is 10.2. The lowest BCUT2D eigenvalue weighted by Crippen LogP contribution is -1.83. The van der Waals surface area contributed by atoms with E-state index in [1.54, 1.807) is 24.5 Å². The smallest absolute Gasteiger partial charge is 0.0967 e. The molecule has 0 spiro atoms. The molecule has 0 aliphatic carbocycles. The summed E-state index contributed by atoms with van der Waals surface area (Å²) in [6.07, 6.45) is 4.56. The zero-order valence-electron chi connectivity index (χ0n) is 6.18. The molecule has 0 fully saturated rings. The minimum absolute atomic E-state index is 0.280. The van der Waals surface area contributed by atoms with Crippen LogP contribution in [0.4, 0.5) is 4.48 Å². The van der Waals surface area contributed by atoms with Crippen LogP contribution in [-0.4, -0.2) is 15.0 Å². The minimum Gasteiger partial charge on any atom is -0.264 e. The topological polar surface area (TPSA) is 30.7 Å². The first kappa shape index (κ1) is 6.97. The van der Waals surface area contributed by atoms with Gasteiger partial charge in [0.2, 0.25) is 0 Å². The monoisotopic (exact) mass is 163 g/mol. The van der Waals surface area contributed by atoms with Gasteiger partial charge >= 0.3 is 0 Å². The van der Waals surface area contributed by atoms with E-state index < -0.39 is 0 Å². The predicted molar refractivity (Wildman–Crippen MR) is 42.0 cm³/mol. The lowest BCUT2D eigenvalue weighted by molar-refractivity contribution is 0.317. The van der Waals surface area contributed by atoms with Crippen molar-refractivity contribution < 1.29 is 4.48 Å². The van der Waals surface area contributed by atoms with Gasteiger partial charge in [0.1, 0.15) is 0 Å². The molecule has 0 atom stereocenters. The Hall–Kier alpha value is -1.71. The molecule has 0 aliphatic rings. The van der Waals surface area contributed by atoms with Gasteiger partial charge in [-0.3, -0.25) is 4.98 Å². The van der Waals surface area contributed by atoms with Gasteiger partial charge in [0.25, 0.3) is 0 Å². The number of pyridine rings is 1. The largest absolute Gasteiger partial charge is 0.264 e. The molecule has 0 aromatic carbocycles. The summed E-state index contributed by atoms with van der Waals surface area (Å²) in [5.74, 6) is 0. The van der Waals surface area contributed by atoms with E-state index in [1.165, 1.54) is 6.20 Å². The van der Waals surface area contributed by atoms with Crippen molar-refractivity contribution in [2.75, 3.05) is 0 Å². The molecule has 0 unspecified atom stereocenters. The molecular formula is C8H6FN3. The molecule has 0 radical (unpaired) electrons. The van der Waals surface area contributed by atoms with E-state index in [1.807, 2.05) is 6.07 Å². The van der Waals surface area contributed by atoms with Gasteiger partial charge in [0, 0.05) is 18.0 Å². The second-order valence-electron chi connectivity index (χ2n) is 2.33. The lowest BCUT2D eigenvalue weighted by Gasteiger charge is -1.91. The van der Waals surface area contributed by atoms with Crippen LogP contribution in [0.2, 0.25) is 0 Å². The molecule has 2 heterocycles. The van der Waals surface area contributed by atoms with Crippen molar-refractivity contribution in [3.63, 3.8) is 0 Å². The molecular weight excluding hydrogens is 157 g/mol. The minimum atomic E-state index is 0.280. The van der Waals surface area contributed by atoms with Crippen molar-refractivity contribution in [3.8, 4) is 11.3 Å². The Labute approximate surface area is 68.4 Å². The fraction of sp³-hybridized carbons (Fsp3) is 0. The molecule has 0 N–H and O–H groups in total. The SMILES string of the molecule is Fn1ccc(-c2cccnc2)n1. The van der Waals surface area contributed by atoms with Crippen LogP contribution in [0.15, 0.2) is 36.8 Å². The van der Waals surface area contributed by atoms with Gasteiger partial charge in [-0.2, -0.15) is 0 Å². The van der Waals surface area contributed by atoms with E-state index in [9.17, 15) is 4.48 Å². The molecule has 2 aromatic heterocycles. The summed E-state index contributed by atoms with van der Waals surface area (Å²) in [5, 5.41) is 3.59. The van der Waals surface area contributed by atoms with Crippen LogP contribution in [0.3, 0.4) is 0 Å². The molecule has 4 heteroatoms. The van der Waals surface area contributed by atoms with Crippen LogP contribution in [-0.2, 0) is 0 Å². The second kappa shape index (κ2) is 2.73. The Morgan fingerprint density at radius 1 is 1.33 bits per heavy atom. The van der Waals surface area contributed by atoms with Gasteiger partial charge in [0.05, 0.1) is 11.9 Å². The summed E-state index contributed by atoms with van der Waals surface area (Å²) in [6.45, 7) is 0. The molecule has 12 heavy (non-hydrogen) atoms. The average molecular weight is 163 g/mol. The van der Waals surface area contributed by atoms with E-state index in [4.69, 9.17) is 0 Å². The Balaban J connectivity index is 2.45. The summed E-state index contributed by atoms with van der Waals surface area (Å²) in [7, 11) is 0. The first-order chi connectivity index (χ1) is 5.86. The van der Waals surface area contributed by atoms with E-state index in [-0.39, 0.29) is 4.90 Å². The Morgan fingerprint density at radius 3 is 2.83 bits per heavy atom. The Kier molecular flexibility index (Phi) is 1.59. The highest BCUT2D eigenvalue weighted by molar-refractivity contribution is 5.56. The van der Waals surface area contributed by atoms with Crippen molar-refractivity contribution in [2.45, 2.75) is 0 Å². The molecule has 0 amide bonds. The average Bonchev–Trinajstić information content (AvgIpc) is 2.54. The van der Waals surface area contributed by atoms with Gasteiger partial charge in [-0.15, -0.1) is 10.0 Å². The van der Waals surface area contributed by atoms with Gasteiger partial charge in [-0.05, 0) is 18.2 Å². The van der Waals surface area contributed by atoms with Crippen molar-refractivity contribution in [1.29, 1.82) is 0 Å². The highest BCUT2D eigenvalue weighted by Crippen LogP contribution is 2.14. The zero-order chi connectivity index (χ0) is 8.39. The van der Waals surface area contributed by atoms with Crippen LogP contribution in [0, 0.1) is 0 Å². The highest BCUT2D eigenvalue weighted by atomic mass is 19.2. The molecule has 60 valence electrons. The summed E-state index contributed by atoms with van der Waals surface area (Å²) in [4.78, 5) is 4.18. The molecule has 0 aliphatic heterocycles. The van der Waals surface area contributed by atoms with Crippen LogP contribution in [0.5, 0.6) is 0 Å². The third-order valence-electron chi connectivity index (χ3n) is 1.52. The second-order valence-corrected chi connectivity index (χ2v) is 2.33. The predicted octanol–water partition coefficient (Wildman–Crippen LogP) is 1.68. The fourth-order valence-electron chi connectivity index (χ4n) is 0.970. The molecule has 2 aromatic rings. The third-order valence-corrected chi connectivity index (χ3v) is 1.52. The zero-order valence-corrected chi connectivity index (χ0v) is 6.18. The molecule has 2 rings (SSSR count). The van der Waals surface area contributed by atoms with Crippen molar-refractivity contribution in [1.82, 2.24) is 15.0 Å². The normalized spacial score (nSPS) is 10.1. The molecule has 0 saturated carbocycles. The van der Waals surface area contributed by atoms with Crippen molar-refractivity contribution in [3.05, 3.63) is 36.8 Å². The molecule has 0 saturated heterocycles. The number of rotatable bonds is 1. The Bertz CT molecular complexity index is 369. The number of nitrogens with zero attached hydrogens (tertiary/aromatic N) is 3. The van der Waals surface area contributed by atoms with Gasteiger partial charge in [-0.1, -0.05) is 4.48 Å². The summed E-state index contributed by atoms with van der Waals surface area (Å²) >= 11 is 0. The first-order valence-corrected chi connectivity index (χ1v) is 3.48. The Morgan fingerprint density at radius 2 is 2.25 bits per heavy atom. The first-order valence-electron chi connectivity index (χ1n) is 3.48. The highest BCUT2D eigenvalue weighted by Gasteiger charge is 1.99. The van der Waals surface area contributed by atoms with E-state index >= 15 is 0 Å². The maximum Gasteiger partial charge on any atom is 0.0967 e. The van der Waals surface area contributed by atoms with Crippen LogP contribution in [0.1, 0.15) is 0 Å². The third kappa shape index (κ3) is 1.18. The standard InChI is InChI=1S/C8H6FN3/c9-12-5-3-8(11-12)7-2-1-4-10-6-7/h1-6H. The number of hydrogen-bond acceptors (Lipinski definition) is 2. The molecule has 3 nitrogen and oxygen atoms in total. The van der Waals surface area contributed by atoms with Gasteiger partial charge in [-0.25, -0.2) is 0 Å². The van der Waals surface area contributed by atoms with E-state index in [2.05, 4.69) is 10.1 Å². The summed E-state index contributed by atoms with van der Waals surface area (Å²) in [5.41, 5.74) is 1.40. The molecule has 0 bridgehead atoms.